The minimum atomic E-state index is -3.67. The maximum Gasteiger partial charge on any atom is 0.261 e. The predicted octanol–water partition coefficient (Wildman–Crippen LogP) is 1.38. The second kappa shape index (κ2) is 6.37. The van der Waals surface area contributed by atoms with Crippen LogP contribution in [0.5, 0.6) is 0 Å². The molecule has 1 fully saturated rings. The first-order valence-corrected chi connectivity index (χ1v) is 6.82. The molecule has 0 aromatic rings. The molecule has 1 N–H and O–H groups in total. The maximum atomic E-state index is 9.19. The summed E-state index contributed by atoms with van der Waals surface area (Å²) in [6.45, 7) is 3.59. The second-order valence-electron chi connectivity index (χ2n) is 3.80. The highest BCUT2D eigenvalue weighted by molar-refractivity contribution is 7.85. The minimum absolute atomic E-state index is 0.715. The number of hydrogen-bond acceptors (Lipinski definition) is 3. The molecule has 1 heterocycles. The van der Waals surface area contributed by atoms with Gasteiger partial charge in [-0.1, -0.05) is 13.3 Å². The van der Waals surface area contributed by atoms with Crippen molar-refractivity contribution < 1.29 is 13.0 Å². The average Bonchev–Trinajstić information content (AvgIpc) is 2.34. The lowest BCUT2D eigenvalue weighted by Crippen LogP contribution is -2.24. The molecule has 4 nitrogen and oxygen atoms in total. The van der Waals surface area contributed by atoms with E-state index in [0.717, 1.165) is 6.04 Å². The molecule has 86 valence electrons. The molecule has 0 amide bonds. The Morgan fingerprint density at radius 1 is 1.50 bits per heavy atom. The van der Waals surface area contributed by atoms with Crippen LogP contribution < -0.4 is 0 Å². The Kier molecular flexibility index (Phi) is 6.31. The van der Waals surface area contributed by atoms with Crippen LogP contribution >= 0.6 is 0 Å². The highest BCUT2D eigenvalue weighted by Gasteiger charge is 2.18. The number of rotatable bonds is 2. The van der Waals surface area contributed by atoms with Crippen LogP contribution in [0.1, 0.15) is 32.6 Å². The van der Waals surface area contributed by atoms with E-state index >= 15 is 0 Å². The molecule has 1 aliphatic rings. The molecule has 0 bridgehead atoms. The third kappa shape index (κ3) is 8.47. The predicted molar refractivity (Wildman–Crippen MR) is 58.0 cm³/mol. The smallest absolute Gasteiger partial charge is 0.261 e. The molecular formula is C9H21NO3S. The molecule has 1 unspecified atom stereocenters. The highest BCUT2D eigenvalue weighted by atomic mass is 32.2. The highest BCUT2D eigenvalue weighted by Crippen LogP contribution is 2.18. The van der Waals surface area contributed by atoms with Crippen LogP contribution in [0.25, 0.3) is 0 Å². The molecule has 0 aliphatic carbocycles. The maximum absolute atomic E-state index is 9.19. The summed E-state index contributed by atoms with van der Waals surface area (Å²) in [6, 6.07) is 0.912. The van der Waals surface area contributed by atoms with Crippen molar-refractivity contribution in [3.05, 3.63) is 0 Å². The van der Waals surface area contributed by atoms with E-state index in [2.05, 4.69) is 18.9 Å². The lowest BCUT2D eigenvalue weighted by atomic mass is 10.1. The fourth-order valence-corrected chi connectivity index (χ4v) is 1.68. The fourth-order valence-electron chi connectivity index (χ4n) is 1.68. The van der Waals surface area contributed by atoms with Crippen LogP contribution in [0.15, 0.2) is 0 Å². The van der Waals surface area contributed by atoms with Gasteiger partial charge in [0.1, 0.15) is 0 Å². The van der Waals surface area contributed by atoms with Gasteiger partial charge in [0, 0.05) is 6.04 Å². The van der Waals surface area contributed by atoms with Crippen molar-refractivity contribution in [3.63, 3.8) is 0 Å². The third-order valence-electron chi connectivity index (χ3n) is 2.29. The SMILES string of the molecule is CCCC1CCCN1C.CS(=O)(=O)O. The molecule has 0 aromatic carbocycles. The van der Waals surface area contributed by atoms with E-state index in [1.165, 1.54) is 32.2 Å². The summed E-state index contributed by atoms with van der Waals surface area (Å²) in [5, 5.41) is 0. The van der Waals surface area contributed by atoms with Gasteiger partial charge in [-0.3, -0.25) is 4.55 Å². The van der Waals surface area contributed by atoms with Gasteiger partial charge in [-0.2, -0.15) is 8.42 Å². The quantitative estimate of drug-likeness (QED) is 0.719. The fraction of sp³-hybridized carbons (Fsp3) is 1.00. The van der Waals surface area contributed by atoms with Crippen molar-refractivity contribution in [1.29, 1.82) is 0 Å². The summed E-state index contributed by atoms with van der Waals surface area (Å²) in [7, 11) is -1.42. The van der Waals surface area contributed by atoms with Crippen molar-refractivity contribution in [2.24, 2.45) is 0 Å². The van der Waals surface area contributed by atoms with E-state index < -0.39 is 10.1 Å². The van der Waals surface area contributed by atoms with E-state index in [-0.39, 0.29) is 0 Å². The molecular weight excluding hydrogens is 202 g/mol. The van der Waals surface area contributed by atoms with Gasteiger partial charge in [-0.25, -0.2) is 0 Å². The molecule has 14 heavy (non-hydrogen) atoms. The molecule has 5 heteroatoms. The Bertz CT molecular complexity index is 230. The summed E-state index contributed by atoms with van der Waals surface area (Å²) in [5.41, 5.74) is 0. The standard InChI is InChI=1S/C8H17N.CH4O3S/c1-3-5-8-6-4-7-9(8)2;1-5(2,3)4/h8H,3-7H2,1-2H3;1H3,(H,2,3,4). The third-order valence-corrected chi connectivity index (χ3v) is 2.29. The molecule has 0 spiro atoms. The van der Waals surface area contributed by atoms with Crippen LogP contribution in [0.4, 0.5) is 0 Å². The Balaban J connectivity index is 0.000000292. The van der Waals surface area contributed by atoms with Crippen LogP contribution in [-0.4, -0.2) is 43.8 Å². The van der Waals surface area contributed by atoms with Crippen LogP contribution in [0, 0.1) is 0 Å². The first kappa shape index (κ1) is 13.9. The van der Waals surface area contributed by atoms with E-state index in [1.807, 2.05) is 0 Å². The van der Waals surface area contributed by atoms with Gasteiger partial charge in [0.25, 0.3) is 10.1 Å². The molecule has 1 atom stereocenters. The van der Waals surface area contributed by atoms with Gasteiger partial charge in [0.2, 0.25) is 0 Å². The first-order chi connectivity index (χ1) is 6.34. The van der Waals surface area contributed by atoms with Crippen molar-refractivity contribution in [3.8, 4) is 0 Å². The van der Waals surface area contributed by atoms with Gasteiger partial charge in [0.15, 0.2) is 0 Å². The van der Waals surface area contributed by atoms with E-state index in [0.29, 0.717) is 6.26 Å². The monoisotopic (exact) mass is 223 g/mol. The lowest BCUT2D eigenvalue weighted by Gasteiger charge is -2.17. The van der Waals surface area contributed by atoms with Crippen LogP contribution in [-0.2, 0) is 10.1 Å². The van der Waals surface area contributed by atoms with Gasteiger partial charge >= 0.3 is 0 Å². The second-order valence-corrected chi connectivity index (χ2v) is 5.26. The first-order valence-electron chi connectivity index (χ1n) is 4.97. The van der Waals surface area contributed by atoms with Gasteiger partial charge < -0.3 is 4.90 Å². The molecule has 1 aliphatic heterocycles. The van der Waals surface area contributed by atoms with Gasteiger partial charge in [0.05, 0.1) is 6.26 Å². The van der Waals surface area contributed by atoms with Crippen molar-refractivity contribution in [2.75, 3.05) is 19.8 Å². The Labute approximate surface area is 87.0 Å². The van der Waals surface area contributed by atoms with Crippen LogP contribution in [0.2, 0.25) is 0 Å². The summed E-state index contributed by atoms with van der Waals surface area (Å²) in [5.74, 6) is 0. The van der Waals surface area contributed by atoms with E-state index in [9.17, 15) is 8.42 Å². The summed E-state index contributed by atoms with van der Waals surface area (Å²) in [6.07, 6.45) is 6.31. The average molecular weight is 223 g/mol. The number of hydrogen-bond donors (Lipinski definition) is 1. The Morgan fingerprint density at radius 3 is 2.29 bits per heavy atom. The summed E-state index contributed by atoms with van der Waals surface area (Å²) in [4.78, 5) is 2.49. The zero-order valence-electron chi connectivity index (χ0n) is 9.23. The summed E-state index contributed by atoms with van der Waals surface area (Å²) < 4.78 is 25.9. The van der Waals surface area contributed by atoms with Crippen LogP contribution in [0.3, 0.4) is 0 Å². The normalized spacial score (nSPS) is 23.0. The topological polar surface area (TPSA) is 57.6 Å². The molecule has 0 saturated carbocycles. The molecule has 1 saturated heterocycles. The van der Waals surface area contributed by atoms with Gasteiger partial charge in [-0.05, 0) is 32.9 Å². The van der Waals surface area contributed by atoms with E-state index in [4.69, 9.17) is 4.55 Å². The number of nitrogens with zero attached hydrogens (tertiary/aromatic N) is 1. The Morgan fingerprint density at radius 2 is 2.00 bits per heavy atom. The minimum Gasteiger partial charge on any atom is -0.303 e. The Hall–Kier alpha value is -0.130. The lowest BCUT2D eigenvalue weighted by molar-refractivity contribution is 0.295. The number of likely N-dealkylation sites (tertiary alicyclic amines) is 1. The van der Waals surface area contributed by atoms with Crippen molar-refractivity contribution in [2.45, 2.75) is 38.6 Å². The largest absolute Gasteiger partial charge is 0.303 e. The van der Waals surface area contributed by atoms with Gasteiger partial charge in [-0.15, -0.1) is 0 Å². The van der Waals surface area contributed by atoms with E-state index in [1.54, 1.807) is 0 Å². The molecule has 0 radical (unpaired) electrons. The zero-order valence-corrected chi connectivity index (χ0v) is 10.0. The molecule has 0 aromatic heterocycles. The van der Waals surface area contributed by atoms with Crippen molar-refractivity contribution >= 4 is 10.1 Å². The zero-order chi connectivity index (χ0) is 11.2. The summed E-state index contributed by atoms with van der Waals surface area (Å²) >= 11 is 0. The van der Waals surface area contributed by atoms with Crippen molar-refractivity contribution in [1.82, 2.24) is 4.90 Å². The molecule has 1 rings (SSSR count).